The van der Waals surface area contributed by atoms with E-state index in [-0.39, 0.29) is 11.3 Å². The minimum absolute atomic E-state index is 0.0995. The van der Waals surface area contributed by atoms with Crippen molar-refractivity contribution in [2.45, 2.75) is 26.0 Å². The van der Waals surface area contributed by atoms with E-state index in [1.165, 1.54) is 32.1 Å². The van der Waals surface area contributed by atoms with Crippen molar-refractivity contribution in [3.05, 3.63) is 29.6 Å². The predicted molar refractivity (Wildman–Crippen MR) is 54.2 cm³/mol. The van der Waals surface area contributed by atoms with Crippen LogP contribution in [0.25, 0.3) is 0 Å². The molecule has 0 radical (unpaired) electrons. The Hall–Kier alpha value is -1.81. The number of rotatable bonds is 4. The van der Waals surface area contributed by atoms with E-state index in [1.54, 1.807) is 0 Å². The van der Waals surface area contributed by atoms with E-state index in [2.05, 4.69) is 9.73 Å². The fourth-order valence-electron chi connectivity index (χ4n) is 1.34. The maximum absolute atomic E-state index is 13.6. The zero-order valence-corrected chi connectivity index (χ0v) is 9.21. The van der Waals surface area contributed by atoms with Gasteiger partial charge in [0, 0.05) is 11.6 Å². The standard InChI is InChI=1S/C11H10F3NO2/c1-11(2,15-6-16)8-4-3-7(5-9(8)12)17-10(13)14/h3-5,10H,1-2H3. The Morgan fingerprint density at radius 3 is 2.53 bits per heavy atom. The van der Waals surface area contributed by atoms with E-state index in [0.717, 1.165) is 6.07 Å². The third kappa shape index (κ3) is 3.32. The number of hydrogen-bond acceptors (Lipinski definition) is 3. The molecule has 0 amide bonds. The lowest BCUT2D eigenvalue weighted by atomic mass is 9.94. The first-order valence-electron chi connectivity index (χ1n) is 4.70. The van der Waals surface area contributed by atoms with Crippen LogP contribution in [0.1, 0.15) is 19.4 Å². The largest absolute Gasteiger partial charge is 0.435 e. The number of isocyanates is 1. The second kappa shape index (κ2) is 5.01. The molecule has 0 spiro atoms. The molecule has 0 saturated heterocycles. The normalized spacial score (nSPS) is 11.2. The summed E-state index contributed by atoms with van der Waals surface area (Å²) in [5, 5.41) is 0. The predicted octanol–water partition coefficient (Wildman–Crippen LogP) is 3.00. The Kier molecular flexibility index (Phi) is 3.91. The van der Waals surface area contributed by atoms with E-state index in [9.17, 15) is 18.0 Å². The average molecular weight is 245 g/mol. The van der Waals surface area contributed by atoms with Crippen LogP contribution in [0, 0.1) is 5.82 Å². The lowest BCUT2D eigenvalue weighted by Crippen LogP contribution is -2.16. The molecule has 0 unspecified atom stereocenters. The highest BCUT2D eigenvalue weighted by molar-refractivity contribution is 5.39. The number of aliphatic imine (C=N–C) groups is 1. The monoisotopic (exact) mass is 245 g/mol. The van der Waals surface area contributed by atoms with E-state index in [0.29, 0.717) is 0 Å². The zero-order valence-electron chi connectivity index (χ0n) is 9.21. The quantitative estimate of drug-likeness (QED) is 0.604. The highest BCUT2D eigenvalue weighted by Gasteiger charge is 2.24. The van der Waals surface area contributed by atoms with Crippen LogP contribution in [-0.2, 0) is 10.3 Å². The van der Waals surface area contributed by atoms with Crippen molar-refractivity contribution in [2.24, 2.45) is 4.99 Å². The summed E-state index contributed by atoms with van der Waals surface area (Å²) >= 11 is 0. The third-order valence-electron chi connectivity index (χ3n) is 2.15. The lowest BCUT2D eigenvalue weighted by molar-refractivity contribution is -0.0500. The van der Waals surface area contributed by atoms with Crippen molar-refractivity contribution in [3.8, 4) is 5.75 Å². The van der Waals surface area contributed by atoms with Crippen LogP contribution in [0.15, 0.2) is 23.2 Å². The number of nitrogens with zero attached hydrogens (tertiary/aromatic N) is 1. The maximum atomic E-state index is 13.6. The van der Waals surface area contributed by atoms with Crippen molar-refractivity contribution in [1.82, 2.24) is 0 Å². The molecule has 0 saturated carbocycles. The van der Waals surface area contributed by atoms with Gasteiger partial charge in [-0.2, -0.15) is 13.8 Å². The number of hydrogen-bond donors (Lipinski definition) is 0. The van der Waals surface area contributed by atoms with E-state index in [4.69, 9.17) is 0 Å². The van der Waals surface area contributed by atoms with Gasteiger partial charge in [0.25, 0.3) is 0 Å². The summed E-state index contributed by atoms with van der Waals surface area (Å²) in [6, 6.07) is 3.25. The van der Waals surface area contributed by atoms with Crippen molar-refractivity contribution in [3.63, 3.8) is 0 Å². The molecule has 0 fully saturated rings. The summed E-state index contributed by atoms with van der Waals surface area (Å²) in [6.45, 7) is -0.00488. The molecule has 0 bridgehead atoms. The molecule has 0 aliphatic heterocycles. The highest BCUT2D eigenvalue weighted by Crippen LogP contribution is 2.29. The minimum Gasteiger partial charge on any atom is -0.435 e. The first-order valence-corrected chi connectivity index (χ1v) is 4.70. The molecule has 0 aliphatic carbocycles. The summed E-state index contributed by atoms with van der Waals surface area (Å²) in [6.07, 6.45) is 1.34. The maximum Gasteiger partial charge on any atom is 0.387 e. The average Bonchev–Trinajstić information content (AvgIpc) is 2.15. The van der Waals surface area contributed by atoms with Gasteiger partial charge >= 0.3 is 6.61 Å². The molecule has 0 aromatic heterocycles. The summed E-state index contributed by atoms with van der Waals surface area (Å²) in [5.41, 5.74) is -1.00. The van der Waals surface area contributed by atoms with Gasteiger partial charge in [-0.1, -0.05) is 0 Å². The number of carbonyl (C=O) groups excluding carboxylic acids is 1. The molecular weight excluding hydrogens is 235 g/mol. The molecule has 6 heteroatoms. The van der Waals surface area contributed by atoms with Gasteiger partial charge in [0.05, 0.1) is 5.54 Å². The molecule has 0 N–H and O–H groups in total. The summed E-state index contributed by atoms with van der Waals surface area (Å²) in [4.78, 5) is 13.6. The fourth-order valence-corrected chi connectivity index (χ4v) is 1.34. The second-order valence-electron chi connectivity index (χ2n) is 3.78. The van der Waals surface area contributed by atoms with Crippen LogP contribution in [0.4, 0.5) is 13.2 Å². The molecule has 1 rings (SSSR count). The van der Waals surface area contributed by atoms with Crippen LogP contribution in [0.2, 0.25) is 0 Å². The van der Waals surface area contributed by atoms with Gasteiger partial charge in [0.2, 0.25) is 6.08 Å². The topological polar surface area (TPSA) is 38.7 Å². The Labute approximate surface area is 95.9 Å². The van der Waals surface area contributed by atoms with Gasteiger partial charge in [-0.3, -0.25) is 0 Å². The third-order valence-corrected chi connectivity index (χ3v) is 2.15. The molecular formula is C11H10F3NO2. The fraction of sp³-hybridized carbons (Fsp3) is 0.364. The molecule has 0 atom stereocenters. The molecule has 1 aromatic rings. The Morgan fingerprint density at radius 2 is 2.06 bits per heavy atom. The van der Waals surface area contributed by atoms with E-state index in [1.807, 2.05) is 0 Å². The van der Waals surface area contributed by atoms with E-state index >= 15 is 0 Å². The Bertz CT molecular complexity index is 454. The van der Waals surface area contributed by atoms with Crippen LogP contribution in [0.3, 0.4) is 0 Å². The number of benzene rings is 1. The Morgan fingerprint density at radius 1 is 1.41 bits per heavy atom. The van der Waals surface area contributed by atoms with E-state index < -0.39 is 18.0 Å². The van der Waals surface area contributed by atoms with Gasteiger partial charge in [0.15, 0.2) is 0 Å². The molecule has 92 valence electrons. The van der Waals surface area contributed by atoms with Crippen LogP contribution in [0.5, 0.6) is 5.75 Å². The lowest BCUT2D eigenvalue weighted by Gasteiger charge is -2.19. The molecule has 1 aromatic carbocycles. The van der Waals surface area contributed by atoms with Crippen LogP contribution in [-0.4, -0.2) is 12.7 Å². The van der Waals surface area contributed by atoms with Crippen LogP contribution >= 0.6 is 0 Å². The van der Waals surface area contributed by atoms with Crippen molar-refractivity contribution < 1.29 is 22.7 Å². The summed E-state index contributed by atoms with van der Waals surface area (Å²) in [7, 11) is 0. The highest BCUT2D eigenvalue weighted by atomic mass is 19.3. The second-order valence-corrected chi connectivity index (χ2v) is 3.78. The first-order chi connectivity index (χ1) is 7.86. The molecule has 0 heterocycles. The van der Waals surface area contributed by atoms with Gasteiger partial charge in [-0.25, -0.2) is 9.18 Å². The number of halogens is 3. The van der Waals surface area contributed by atoms with Crippen molar-refractivity contribution in [2.75, 3.05) is 0 Å². The smallest absolute Gasteiger partial charge is 0.387 e. The van der Waals surface area contributed by atoms with Gasteiger partial charge in [-0.15, -0.1) is 0 Å². The van der Waals surface area contributed by atoms with Gasteiger partial charge in [-0.05, 0) is 26.0 Å². The van der Waals surface area contributed by atoms with Crippen molar-refractivity contribution in [1.29, 1.82) is 0 Å². The zero-order chi connectivity index (χ0) is 13.1. The van der Waals surface area contributed by atoms with Crippen molar-refractivity contribution >= 4 is 6.08 Å². The summed E-state index contributed by atoms with van der Waals surface area (Å²) < 4.78 is 41.4. The minimum atomic E-state index is -3.01. The SMILES string of the molecule is CC(C)(N=C=O)c1ccc(OC(F)F)cc1F. The molecule has 3 nitrogen and oxygen atoms in total. The molecule has 17 heavy (non-hydrogen) atoms. The Balaban J connectivity index is 3.09. The molecule has 0 aliphatic rings. The number of alkyl halides is 2. The van der Waals surface area contributed by atoms with Gasteiger partial charge in [0.1, 0.15) is 11.6 Å². The van der Waals surface area contributed by atoms with Crippen LogP contribution < -0.4 is 4.74 Å². The summed E-state index contributed by atoms with van der Waals surface area (Å²) in [5.74, 6) is -1.06. The van der Waals surface area contributed by atoms with Gasteiger partial charge < -0.3 is 4.74 Å². The first kappa shape index (κ1) is 13.3. The number of ether oxygens (including phenoxy) is 1.